The topological polar surface area (TPSA) is 62.3 Å². The minimum absolute atomic E-state index is 0.148. The summed E-state index contributed by atoms with van der Waals surface area (Å²) in [6, 6.07) is 4.98. The molecule has 1 N–H and O–H groups in total. The zero-order chi connectivity index (χ0) is 16.5. The number of hydrogen-bond acceptors (Lipinski definition) is 3. The maximum absolute atomic E-state index is 12.3. The lowest BCUT2D eigenvalue weighted by atomic mass is 10.1. The Labute approximate surface area is 133 Å². The Morgan fingerprint density at radius 1 is 1.27 bits per heavy atom. The lowest BCUT2D eigenvalue weighted by Gasteiger charge is -2.16. The van der Waals surface area contributed by atoms with Gasteiger partial charge in [0.2, 0.25) is 0 Å². The van der Waals surface area contributed by atoms with Crippen LogP contribution < -0.4 is 5.32 Å². The summed E-state index contributed by atoms with van der Waals surface area (Å²) in [6.45, 7) is 7.61. The van der Waals surface area contributed by atoms with Gasteiger partial charge in [-0.15, -0.1) is 0 Å². The zero-order valence-corrected chi connectivity index (χ0v) is 14.1. The van der Waals surface area contributed by atoms with E-state index in [0.29, 0.717) is 30.4 Å². The van der Waals surface area contributed by atoms with Crippen molar-refractivity contribution in [2.24, 2.45) is 5.92 Å². The van der Waals surface area contributed by atoms with E-state index in [0.717, 1.165) is 19.3 Å². The minimum atomic E-state index is -0.230. The second-order valence-electron chi connectivity index (χ2n) is 5.93. The van der Waals surface area contributed by atoms with E-state index < -0.39 is 0 Å². The molecule has 0 fully saturated rings. The van der Waals surface area contributed by atoms with Crippen LogP contribution in [0.4, 0.5) is 0 Å². The molecule has 0 bridgehead atoms. The van der Waals surface area contributed by atoms with Crippen LogP contribution >= 0.6 is 0 Å². The molecule has 122 valence electrons. The Bertz CT molecular complexity index is 500. The number of nitrogens with zero attached hydrogens (tertiary/aromatic N) is 2. The van der Waals surface area contributed by atoms with Gasteiger partial charge in [-0.3, -0.25) is 9.59 Å². The highest BCUT2D eigenvalue weighted by Crippen LogP contribution is 2.05. The van der Waals surface area contributed by atoms with Crippen molar-refractivity contribution in [2.75, 3.05) is 20.1 Å². The maximum atomic E-state index is 12.3. The van der Waals surface area contributed by atoms with Crippen LogP contribution in [0.15, 0.2) is 18.2 Å². The fourth-order valence-electron chi connectivity index (χ4n) is 1.94. The van der Waals surface area contributed by atoms with E-state index in [-0.39, 0.29) is 11.8 Å². The van der Waals surface area contributed by atoms with E-state index in [4.69, 9.17) is 0 Å². The number of nitrogens with one attached hydrogen (secondary N) is 1. The number of unbranched alkanes of at least 4 members (excludes halogenated alkanes) is 1. The number of hydrogen-bond donors (Lipinski definition) is 1. The molecule has 0 saturated heterocycles. The molecular weight excluding hydrogens is 278 g/mol. The summed E-state index contributed by atoms with van der Waals surface area (Å²) in [7, 11) is 1.76. The van der Waals surface area contributed by atoms with Crippen molar-refractivity contribution < 1.29 is 9.59 Å². The third-order valence-corrected chi connectivity index (χ3v) is 3.40. The van der Waals surface area contributed by atoms with Crippen LogP contribution in [0.2, 0.25) is 0 Å². The Kier molecular flexibility index (Phi) is 7.57. The number of rotatable bonds is 8. The van der Waals surface area contributed by atoms with Crippen molar-refractivity contribution in [1.29, 1.82) is 0 Å². The molecule has 5 heteroatoms. The van der Waals surface area contributed by atoms with E-state index in [9.17, 15) is 9.59 Å². The second kappa shape index (κ2) is 9.18. The lowest BCUT2D eigenvalue weighted by molar-refractivity contribution is 0.0787. The van der Waals surface area contributed by atoms with Crippen LogP contribution in [0.25, 0.3) is 0 Å². The van der Waals surface area contributed by atoms with Crippen LogP contribution in [-0.2, 0) is 0 Å². The SMILES string of the molecule is CCCCN(C)C(=O)c1cccc(C(=O)NCCC(C)C)n1. The smallest absolute Gasteiger partial charge is 0.272 e. The van der Waals surface area contributed by atoms with Crippen LogP contribution in [0.5, 0.6) is 0 Å². The molecule has 0 aromatic carbocycles. The second-order valence-corrected chi connectivity index (χ2v) is 5.93. The molecule has 1 rings (SSSR count). The lowest BCUT2D eigenvalue weighted by Crippen LogP contribution is -2.30. The molecule has 0 atom stereocenters. The summed E-state index contributed by atoms with van der Waals surface area (Å²) in [5.74, 6) is 0.158. The highest BCUT2D eigenvalue weighted by Gasteiger charge is 2.15. The van der Waals surface area contributed by atoms with E-state index >= 15 is 0 Å². The number of pyridine rings is 1. The molecule has 1 aromatic rings. The highest BCUT2D eigenvalue weighted by molar-refractivity contribution is 5.96. The van der Waals surface area contributed by atoms with Gasteiger partial charge in [0.1, 0.15) is 11.4 Å². The van der Waals surface area contributed by atoms with Gasteiger partial charge >= 0.3 is 0 Å². The van der Waals surface area contributed by atoms with E-state index in [1.165, 1.54) is 0 Å². The van der Waals surface area contributed by atoms with Gasteiger partial charge in [-0.05, 0) is 30.9 Å². The quantitative estimate of drug-likeness (QED) is 0.803. The van der Waals surface area contributed by atoms with Crippen molar-refractivity contribution in [3.05, 3.63) is 29.6 Å². The molecule has 0 aliphatic rings. The molecule has 2 amide bonds. The van der Waals surface area contributed by atoms with Gasteiger partial charge in [0, 0.05) is 20.1 Å². The van der Waals surface area contributed by atoms with Gasteiger partial charge < -0.3 is 10.2 Å². The van der Waals surface area contributed by atoms with Crippen molar-refractivity contribution in [3.63, 3.8) is 0 Å². The molecule has 0 aliphatic carbocycles. The molecule has 0 radical (unpaired) electrons. The Morgan fingerprint density at radius 2 is 1.95 bits per heavy atom. The normalized spacial score (nSPS) is 10.6. The fraction of sp³-hybridized carbons (Fsp3) is 0.588. The Hall–Kier alpha value is -1.91. The molecule has 0 unspecified atom stereocenters. The monoisotopic (exact) mass is 305 g/mol. The Morgan fingerprint density at radius 3 is 2.59 bits per heavy atom. The minimum Gasteiger partial charge on any atom is -0.351 e. The van der Waals surface area contributed by atoms with Gasteiger partial charge in [0.15, 0.2) is 0 Å². The molecule has 1 heterocycles. The first kappa shape index (κ1) is 18.1. The van der Waals surface area contributed by atoms with Gasteiger partial charge in [-0.25, -0.2) is 4.98 Å². The first-order valence-electron chi connectivity index (χ1n) is 7.96. The standard InChI is InChI=1S/C17H27N3O2/c1-5-6-12-20(4)17(22)15-9-7-8-14(19-15)16(21)18-11-10-13(2)3/h7-9,13H,5-6,10-12H2,1-4H3,(H,18,21). The largest absolute Gasteiger partial charge is 0.351 e. The number of carbonyl (C=O) groups is 2. The van der Waals surface area contributed by atoms with Crippen molar-refractivity contribution in [1.82, 2.24) is 15.2 Å². The van der Waals surface area contributed by atoms with Crippen molar-refractivity contribution in [2.45, 2.75) is 40.0 Å². The predicted octanol–water partition coefficient (Wildman–Crippen LogP) is 2.73. The number of amides is 2. The average molecular weight is 305 g/mol. The van der Waals surface area contributed by atoms with Crippen LogP contribution in [0.1, 0.15) is 61.0 Å². The molecule has 0 aliphatic heterocycles. The molecule has 5 nitrogen and oxygen atoms in total. The number of aromatic nitrogens is 1. The van der Waals surface area contributed by atoms with Gasteiger partial charge in [-0.1, -0.05) is 33.3 Å². The van der Waals surface area contributed by atoms with E-state index in [1.54, 1.807) is 30.1 Å². The van der Waals surface area contributed by atoms with Crippen LogP contribution in [-0.4, -0.2) is 41.8 Å². The average Bonchev–Trinajstić information content (AvgIpc) is 2.51. The first-order chi connectivity index (χ1) is 10.5. The number of carbonyl (C=O) groups excluding carboxylic acids is 2. The summed E-state index contributed by atoms with van der Waals surface area (Å²) in [5.41, 5.74) is 0.605. The molecule has 0 spiro atoms. The zero-order valence-electron chi connectivity index (χ0n) is 14.1. The summed E-state index contributed by atoms with van der Waals surface area (Å²) in [6.07, 6.45) is 2.91. The van der Waals surface area contributed by atoms with E-state index in [2.05, 4.69) is 31.1 Å². The first-order valence-corrected chi connectivity index (χ1v) is 7.96. The third-order valence-electron chi connectivity index (χ3n) is 3.40. The van der Waals surface area contributed by atoms with E-state index in [1.807, 2.05) is 0 Å². The predicted molar refractivity (Wildman–Crippen MR) is 87.9 cm³/mol. The summed E-state index contributed by atoms with van der Waals surface area (Å²) < 4.78 is 0. The maximum Gasteiger partial charge on any atom is 0.272 e. The molecule has 0 saturated carbocycles. The van der Waals surface area contributed by atoms with Gasteiger partial charge in [-0.2, -0.15) is 0 Å². The van der Waals surface area contributed by atoms with Crippen LogP contribution in [0, 0.1) is 5.92 Å². The molecule has 1 aromatic heterocycles. The summed E-state index contributed by atoms with van der Waals surface area (Å²) in [5, 5.41) is 2.83. The molecule has 22 heavy (non-hydrogen) atoms. The molecular formula is C17H27N3O2. The summed E-state index contributed by atoms with van der Waals surface area (Å²) in [4.78, 5) is 30.1. The summed E-state index contributed by atoms with van der Waals surface area (Å²) >= 11 is 0. The highest BCUT2D eigenvalue weighted by atomic mass is 16.2. The third kappa shape index (κ3) is 5.84. The van der Waals surface area contributed by atoms with Crippen molar-refractivity contribution >= 4 is 11.8 Å². The van der Waals surface area contributed by atoms with Crippen LogP contribution in [0.3, 0.4) is 0 Å². The fourth-order valence-corrected chi connectivity index (χ4v) is 1.94. The van der Waals surface area contributed by atoms with Crippen molar-refractivity contribution in [3.8, 4) is 0 Å². The Balaban J connectivity index is 2.68. The van der Waals surface area contributed by atoms with Gasteiger partial charge in [0.25, 0.3) is 11.8 Å². The van der Waals surface area contributed by atoms with Gasteiger partial charge in [0.05, 0.1) is 0 Å².